The lowest BCUT2D eigenvalue weighted by Gasteiger charge is -2.37. The Hall–Kier alpha value is -0.120. The summed E-state index contributed by atoms with van der Waals surface area (Å²) >= 11 is 0. The second-order valence-corrected chi connectivity index (χ2v) is 6.46. The molecule has 0 radical (unpaired) electrons. The van der Waals surface area contributed by atoms with Crippen molar-refractivity contribution in [2.24, 2.45) is 5.92 Å². The van der Waals surface area contributed by atoms with Crippen LogP contribution in [0.5, 0.6) is 0 Å². The minimum absolute atomic E-state index is 0.0181. The maximum Gasteiger partial charge on any atom is 0.0543 e. The SMILES string of the molecule is CN1C2CCC1CC(NCC1CCC(O)C1)C2. The minimum Gasteiger partial charge on any atom is -0.393 e. The van der Waals surface area contributed by atoms with Crippen molar-refractivity contribution in [2.45, 2.75) is 69.2 Å². The summed E-state index contributed by atoms with van der Waals surface area (Å²) in [5.74, 6) is 0.724. The molecule has 98 valence electrons. The van der Waals surface area contributed by atoms with Gasteiger partial charge in [0.05, 0.1) is 6.10 Å². The van der Waals surface area contributed by atoms with Gasteiger partial charge < -0.3 is 15.3 Å². The zero-order valence-corrected chi connectivity index (χ0v) is 10.9. The fourth-order valence-electron chi connectivity index (χ4n) is 4.15. The first-order valence-corrected chi connectivity index (χ1v) is 7.35. The van der Waals surface area contributed by atoms with E-state index in [1.165, 1.54) is 32.1 Å². The van der Waals surface area contributed by atoms with E-state index >= 15 is 0 Å². The Morgan fingerprint density at radius 3 is 2.35 bits per heavy atom. The molecule has 3 fully saturated rings. The average Bonchev–Trinajstić information content (AvgIpc) is 2.78. The topological polar surface area (TPSA) is 35.5 Å². The van der Waals surface area contributed by atoms with Crippen molar-refractivity contribution < 1.29 is 5.11 Å². The van der Waals surface area contributed by atoms with Crippen LogP contribution in [0.25, 0.3) is 0 Å². The standard InChI is InChI=1S/C14H26N2O/c1-16-12-3-4-13(16)8-11(7-12)15-9-10-2-5-14(17)6-10/h10-15,17H,2-9H2,1H3. The highest BCUT2D eigenvalue weighted by Gasteiger charge is 2.38. The quantitative estimate of drug-likeness (QED) is 0.779. The lowest BCUT2D eigenvalue weighted by molar-refractivity contribution is 0.144. The molecule has 2 bridgehead atoms. The van der Waals surface area contributed by atoms with Gasteiger partial charge in [-0.1, -0.05) is 0 Å². The normalized spacial score (nSPS) is 46.6. The summed E-state index contributed by atoms with van der Waals surface area (Å²) in [4.78, 5) is 2.59. The van der Waals surface area contributed by atoms with Crippen molar-refractivity contribution in [3.05, 3.63) is 0 Å². The van der Waals surface area contributed by atoms with E-state index in [9.17, 15) is 5.11 Å². The van der Waals surface area contributed by atoms with E-state index in [0.29, 0.717) is 0 Å². The molecule has 3 rings (SSSR count). The number of piperidine rings is 1. The fourth-order valence-corrected chi connectivity index (χ4v) is 4.15. The second kappa shape index (κ2) is 4.87. The first kappa shape index (κ1) is 11.9. The van der Waals surface area contributed by atoms with Crippen molar-refractivity contribution >= 4 is 0 Å². The van der Waals surface area contributed by atoms with Gasteiger partial charge in [0, 0.05) is 18.1 Å². The number of aliphatic hydroxyl groups excluding tert-OH is 1. The number of rotatable bonds is 3. The molecule has 4 atom stereocenters. The van der Waals surface area contributed by atoms with Crippen LogP contribution in [0.4, 0.5) is 0 Å². The van der Waals surface area contributed by atoms with Crippen molar-refractivity contribution in [1.82, 2.24) is 10.2 Å². The zero-order chi connectivity index (χ0) is 11.8. The number of hydrogen-bond acceptors (Lipinski definition) is 3. The molecule has 3 heteroatoms. The Kier molecular flexibility index (Phi) is 3.42. The van der Waals surface area contributed by atoms with Gasteiger partial charge >= 0.3 is 0 Å². The third kappa shape index (κ3) is 2.51. The van der Waals surface area contributed by atoms with E-state index < -0.39 is 0 Å². The summed E-state index contributed by atoms with van der Waals surface area (Å²) in [5, 5.41) is 13.3. The van der Waals surface area contributed by atoms with Gasteiger partial charge in [0.25, 0.3) is 0 Å². The third-order valence-corrected chi connectivity index (χ3v) is 5.31. The molecule has 1 saturated carbocycles. The maximum atomic E-state index is 9.53. The van der Waals surface area contributed by atoms with Crippen LogP contribution in [0, 0.1) is 5.92 Å². The number of aliphatic hydroxyl groups is 1. The highest BCUT2D eigenvalue weighted by atomic mass is 16.3. The number of fused-ring (bicyclic) bond motifs is 2. The largest absolute Gasteiger partial charge is 0.393 e. The predicted octanol–water partition coefficient (Wildman–Crippen LogP) is 1.36. The lowest BCUT2D eigenvalue weighted by Crippen LogP contribution is -2.48. The molecule has 0 spiro atoms. The van der Waals surface area contributed by atoms with Crippen LogP contribution in [0.15, 0.2) is 0 Å². The van der Waals surface area contributed by atoms with Crippen molar-refractivity contribution in [3.63, 3.8) is 0 Å². The fraction of sp³-hybridized carbons (Fsp3) is 1.00. The van der Waals surface area contributed by atoms with Gasteiger partial charge in [-0.25, -0.2) is 0 Å². The summed E-state index contributed by atoms with van der Waals surface area (Å²) in [6.45, 7) is 1.13. The van der Waals surface area contributed by atoms with Gasteiger partial charge in [0.1, 0.15) is 0 Å². The first-order valence-electron chi connectivity index (χ1n) is 7.35. The van der Waals surface area contributed by atoms with Crippen molar-refractivity contribution in [1.29, 1.82) is 0 Å². The molecule has 0 aromatic rings. The zero-order valence-electron chi connectivity index (χ0n) is 10.9. The first-order chi connectivity index (χ1) is 8.22. The van der Waals surface area contributed by atoms with E-state index in [-0.39, 0.29) is 6.10 Å². The molecule has 17 heavy (non-hydrogen) atoms. The van der Waals surface area contributed by atoms with E-state index in [1.54, 1.807) is 0 Å². The molecule has 2 N–H and O–H groups in total. The Morgan fingerprint density at radius 2 is 1.76 bits per heavy atom. The Bertz CT molecular complexity index is 257. The summed E-state index contributed by atoms with van der Waals surface area (Å²) in [6, 6.07) is 2.40. The van der Waals surface area contributed by atoms with Gasteiger partial charge in [-0.3, -0.25) is 0 Å². The van der Waals surface area contributed by atoms with Crippen molar-refractivity contribution in [2.75, 3.05) is 13.6 Å². The van der Waals surface area contributed by atoms with Gasteiger partial charge in [0.2, 0.25) is 0 Å². The molecule has 3 aliphatic rings. The van der Waals surface area contributed by atoms with Gasteiger partial charge in [-0.15, -0.1) is 0 Å². The molecule has 3 nitrogen and oxygen atoms in total. The van der Waals surface area contributed by atoms with E-state index in [1.807, 2.05) is 0 Å². The van der Waals surface area contributed by atoms with Crippen LogP contribution < -0.4 is 5.32 Å². The van der Waals surface area contributed by atoms with Crippen LogP contribution in [0.2, 0.25) is 0 Å². The van der Waals surface area contributed by atoms with Crippen LogP contribution in [0.3, 0.4) is 0 Å². The summed E-state index contributed by atoms with van der Waals surface area (Å²) in [6.07, 6.45) is 8.72. The van der Waals surface area contributed by atoms with Crippen molar-refractivity contribution in [3.8, 4) is 0 Å². The molecule has 0 aromatic heterocycles. The third-order valence-electron chi connectivity index (χ3n) is 5.31. The Balaban J connectivity index is 1.44. The molecule has 0 amide bonds. The van der Waals surface area contributed by atoms with E-state index in [4.69, 9.17) is 0 Å². The highest BCUT2D eigenvalue weighted by Crippen LogP contribution is 2.34. The summed E-state index contributed by atoms with van der Waals surface area (Å²) < 4.78 is 0. The molecular formula is C14H26N2O. The summed E-state index contributed by atoms with van der Waals surface area (Å²) in [5.41, 5.74) is 0. The van der Waals surface area contributed by atoms with Crippen LogP contribution in [-0.4, -0.2) is 47.8 Å². The molecule has 2 heterocycles. The Morgan fingerprint density at radius 1 is 1.06 bits per heavy atom. The van der Waals surface area contributed by atoms with Gasteiger partial charge in [0.15, 0.2) is 0 Å². The van der Waals surface area contributed by atoms with Crippen LogP contribution in [0.1, 0.15) is 44.9 Å². The number of nitrogens with one attached hydrogen (secondary N) is 1. The lowest BCUT2D eigenvalue weighted by atomic mass is 9.97. The molecule has 4 unspecified atom stereocenters. The van der Waals surface area contributed by atoms with Gasteiger partial charge in [-0.2, -0.15) is 0 Å². The van der Waals surface area contributed by atoms with Crippen LogP contribution >= 0.6 is 0 Å². The smallest absolute Gasteiger partial charge is 0.0543 e. The van der Waals surface area contributed by atoms with E-state index in [2.05, 4.69) is 17.3 Å². The molecule has 2 aliphatic heterocycles. The second-order valence-electron chi connectivity index (χ2n) is 6.46. The Labute approximate surface area is 105 Å². The monoisotopic (exact) mass is 238 g/mol. The molecule has 0 aromatic carbocycles. The predicted molar refractivity (Wildman–Crippen MR) is 68.9 cm³/mol. The molecular weight excluding hydrogens is 212 g/mol. The summed E-state index contributed by atoms with van der Waals surface area (Å²) in [7, 11) is 2.30. The van der Waals surface area contributed by atoms with E-state index in [0.717, 1.165) is 43.4 Å². The van der Waals surface area contributed by atoms with Gasteiger partial charge in [-0.05, 0) is 64.5 Å². The molecule has 1 aliphatic carbocycles. The van der Waals surface area contributed by atoms with Crippen LogP contribution in [-0.2, 0) is 0 Å². The maximum absolute atomic E-state index is 9.53. The molecule has 2 saturated heterocycles. The minimum atomic E-state index is -0.0181. The average molecular weight is 238 g/mol. The number of nitrogens with zero attached hydrogens (tertiary/aromatic N) is 1. The highest BCUT2D eigenvalue weighted by molar-refractivity contribution is 4.96. The number of hydrogen-bond donors (Lipinski definition) is 2.